The van der Waals surface area contributed by atoms with Crippen molar-refractivity contribution in [3.63, 3.8) is 0 Å². The van der Waals surface area contributed by atoms with Crippen LogP contribution in [-0.4, -0.2) is 6.03 Å². The molecule has 2 rings (SSSR count). The Bertz CT molecular complexity index is 533. The number of amides is 2. The van der Waals surface area contributed by atoms with Crippen LogP contribution in [0, 0.1) is 5.82 Å². The van der Waals surface area contributed by atoms with Gasteiger partial charge in [-0.05, 0) is 30.4 Å². The predicted molar refractivity (Wildman–Crippen MR) is 69.5 cm³/mol. The Labute approximate surface area is 104 Å². The number of hydrogen-bond acceptors (Lipinski definition) is 2. The van der Waals surface area contributed by atoms with Gasteiger partial charge in [0.15, 0.2) is 0 Å². The molecule has 0 fully saturated rings. The number of hydrogen-bond donors (Lipinski definition) is 2. The zero-order chi connectivity index (χ0) is 13.0. The van der Waals surface area contributed by atoms with Crippen LogP contribution in [0.15, 0.2) is 54.9 Å². The van der Waals surface area contributed by atoms with E-state index in [1.165, 1.54) is 12.1 Å². The maximum absolute atomic E-state index is 13.5. The fourth-order valence-corrected chi connectivity index (χ4v) is 1.57. The van der Waals surface area contributed by atoms with Gasteiger partial charge in [-0.3, -0.25) is 0 Å². The van der Waals surface area contributed by atoms with Crippen molar-refractivity contribution >= 4 is 17.4 Å². The van der Waals surface area contributed by atoms with Crippen LogP contribution < -0.4 is 16.0 Å². The lowest BCUT2D eigenvalue weighted by Crippen LogP contribution is -2.19. The summed E-state index contributed by atoms with van der Waals surface area (Å²) in [4.78, 5) is 12.5. The summed E-state index contributed by atoms with van der Waals surface area (Å²) in [5.74, 6) is -0.449. The SMILES string of the molecule is NC(=O)Nc1cc(F)cc(N2C=CC=CC=C2)c1. The molecule has 0 bridgehead atoms. The van der Waals surface area contributed by atoms with Crippen LogP contribution in [0.25, 0.3) is 0 Å². The molecule has 1 aromatic rings. The Morgan fingerprint density at radius 2 is 1.78 bits per heavy atom. The van der Waals surface area contributed by atoms with Crippen LogP contribution in [0.3, 0.4) is 0 Å². The van der Waals surface area contributed by atoms with Gasteiger partial charge in [0, 0.05) is 23.8 Å². The van der Waals surface area contributed by atoms with Gasteiger partial charge < -0.3 is 16.0 Å². The molecule has 0 aliphatic carbocycles. The van der Waals surface area contributed by atoms with E-state index in [1.54, 1.807) is 23.4 Å². The molecule has 2 amide bonds. The highest BCUT2D eigenvalue weighted by Gasteiger charge is 2.06. The lowest BCUT2D eigenvalue weighted by Gasteiger charge is -2.16. The maximum Gasteiger partial charge on any atom is 0.316 e. The number of anilines is 2. The Balaban J connectivity index is 2.32. The molecule has 18 heavy (non-hydrogen) atoms. The number of nitrogens with two attached hydrogens (primary N) is 1. The average molecular weight is 245 g/mol. The smallest absolute Gasteiger partial charge is 0.316 e. The van der Waals surface area contributed by atoms with Gasteiger partial charge in [0.05, 0.1) is 0 Å². The molecule has 4 nitrogen and oxygen atoms in total. The van der Waals surface area contributed by atoms with Gasteiger partial charge in [0.25, 0.3) is 0 Å². The second-order valence-corrected chi connectivity index (χ2v) is 3.66. The van der Waals surface area contributed by atoms with Crippen molar-refractivity contribution in [3.8, 4) is 0 Å². The molecule has 0 aromatic heterocycles. The van der Waals surface area contributed by atoms with Crippen molar-refractivity contribution in [1.29, 1.82) is 0 Å². The maximum atomic E-state index is 13.5. The van der Waals surface area contributed by atoms with Crippen LogP contribution in [0.5, 0.6) is 0 Å². The monoisotopic (exact) mass is 245 g/mol. The molecular formula is C13H12FN3O. The van der Waals surface area contributed by atoms with Gasteiger partial charge in [-0.15, -0.1) is 0 Å². The van der Waals surface area contributed by atoms with Crippen LogP contribution >= 0.6 is 0 Å². The molecule has 92 valence electrons. The van der Waals surface area contributed by atoms with Gasteiger partial charge in [-0.1, -0.05) is 12.2 Å². The Morgan fingerprint density at radius 1 is 1.11 bits per heavy atom. The zero-order valence-electron chi connectivity index (χ0n) is 9.51. The highest BCUT2D eigenvalue weighted by molar-refractivity contribution is 5.88. The summed E-state index contributed by atoms with van der Waals surface area (Å²) in [6.07, 6.45) is 10.9. The summed E-state index contributed by atoms with van der Waals surface area (Å²) in [6.45, 7) is 0. The van der Waals surface area contributed by atoms with E-state index in [2.05, 4.69) is 5.32 Å². The predicted octanol–water partition coefficient (Wildman–Crippen LogP) is 2.72. The second-order valence-electron chi connectivity index (χ2n) is 3.66. The average Bonchev–Trinajstić information content (AvgIpc) is 2.55. The number of carbonyl (C=O) groups is 1. The van der Waals surface area contributed by atoms with Gasteiger partial charge in [-0.2, -0.15) is 0 Å². The normalized spacial score (nSPS) is 13.5. The van der Waals surface area contributed by atoms with Crippen LogP contribution in [0.4, 0.5) is 20.6 Å². The van der Waals surface area contributed by atoms with E-state index in [-0.39, 0.29) is 0 Å². The number of primary amides is 1. The number of nitrogens with one attached hydrogen (secondary N) is 1. The first kappa shape index (κ1) is 11.9. The quantitative estimate of drug-likeness (QED) is 0.841. The third kappa shape index (κ3) is 2.98. The topological polar surface area (TPSA) is 58.4 Å². The second kappa shape index (κ2) is 5.18. The molecule has 3 N–H and O–H groups in total. The Hall–Kier alpha value is -2.56. The number of halogens is 1. The molecule has 0 unspecified atom stereocenters. The third-order valence-corrected chi connectivity index (χ3v) is 2.27. The molecule has 1 aliphatic rings. The van der Waals surface area contributed by atoms with E-state index in [0.29, 0.717) is 11.4 Å². The summed E-state index contributed by atoms with van der Waals surface area (Å²) in [6, 6.07) is 3.48. The van der Waals surface area contributed by atoms with Gasteiger partial charge in [-0.25, -0.2) is 9.18 Å². The largest absolute Gasteiger partial charge is 0.351 e. The molecular weight excluding hydrogens is 233 g/mol. The minimum atomic E-state index is -0.727. The highest BCUT2D eigenvalue weighted by Crippen LogP contribution is 2.23. The van der Waals surface area contributed by atoms with Crippen molar-refractivity contribution in [2.45, 2.75) is 0 Å². The van der Waals surface area contributed by atoms with Crippen molar-refractivity contribution < 1.29 is 9.18 Å². The third-order valence-electron chi connectivity index (χ3n) is 2.27. The Morgan fingerprint density at radius 3 is 2.39 bits per heavy atom. The summed E-state index contributed by atoms with van der Waals surface area (Å²) in [7, 11) is 0. The molecule has 0 saturated carbocycles. The fraction of sp³-hybridized carbons (Fsp3) is 0. The molecule has 1 heterocycles. The first-order valence-electron chi connectivity index (χ1n) is 5.32. The summed E-state index contributed by atoms with van der Waals surface area (Å²) >= 11 is 0. The summed E-state index contributed by atoms with van der Waals surface area (Å²) < 4.78 is 13.5. The summed E-state index contributed by atoms with van der Waals surface area (Å²) in [5.41, 5.74) is 5.91. The summed E-state index contributed by atoms with van der Waals surface area (Å²) in [5, 5.41) is 2.35. The van der Waals surface area contributed by atoms with E-state index in [9.17, 15) is 9.18 Å². The van der Waals surface area contributed by atoms with Crippen molar-refractivity contribution in [2.75, 3.05) is 10.2 Å². The lowest BCUT2D eigenvalue weighted by molar-refractivity contribution is 0.259. The van der Waals surface area contributed by atoms with Crippen molar-refractivity contribution in [1.82, 2.24) is 0 Å². The number of rotatable bonds is 2. The fourth-order valence-electron chi connectivity index (χ4n) is 1.57. The standard InChI is InChI=1S/C13H12FN3O/c14-10-7-11(16-13(15)18)9-12(8-10)17-5-3-1-2-4-6-17/h1-9H,(H3,15,16,18). The van der Waals surface area contributed by atoms with Gasteiger partial charge in [0.1, 0.15) is 5.82 Å². The first-order valence-corrected chi connectivity index (χ1v) is 5.32. The van der Waals surface area contributed by atoms with E-state index in [4.69, 9.17) is 5.73 Å². The van der Waals surface area contributed by atoms with Gasteiger partial charge in [0.2, 0.25) is 0 Å². The molecule has 1 aromatic carbocycles. The van der Waals surface area contributed by atoms with Crippen LogP contribution in [0.1, 0.15) is 0 Å². The number of allylic oxidation sites excluding steroid dienone is 4. The minimum Gasteiger partial charge on any atom is -0.351 e. The van der Waals surface area contributed by atoms with E-state index in [0.717, 1.165) is 0 Å². The molecule has 0 atom stereocenters. The first-order chi connectivity index (χ1) is 8.65. The molecule has 5 heteroatoms. The highest BCUT2D eigenvalue weighted by atomic mass is 19.1. The van der Waals surface area contributed by atoms with Crippen molar-refractivity contribution in [2.24, 2.45) is 5.73 Å². The van der Waals surface area contributed by atoms with E-state index in [1.807, 2.05) is 24.3 Å². The number of urea groups is 1. The van der Waals surface area contributed by atoms with Crippen LogP contribution in [-0.2, 0) is 0 Å². The number of carbonyl (C=O) groups excluding carboxylic acids is 1. The molecule has 0 radical (unpaired) electrons. The van der Waals surface area contributed by atoms with E-state index >= 15 is 0 Å². The molecule has 0 saturated heterocycles. The van der Waals surface area contributed by atoms with Gasteiger partial charge >= 0.3 is 6.03 Å². The zero-order valence-corrected chi connectivity index (χ0v) is 9.51. The number of benzene rings is 1. The van der Waals surface area contributed by atoms with Crippen LogP contribution in [0.2, 0.25) is 0 Å². The number of nitrogens with zero attached hydrogens (tertiary/aromatic N) is 1. The lowest BCUT2D eigenvalue weighted by atomic mass is 10.2. The minimum absolute atomic E-state index is 0.316. The van der Waals surface area contributed by atoms with Crippen molar-refractivity contribution in [3.05, 3.63) is 60.7 Å². The molecule has 1 aliphatic heterocycles. The molecule has 0 spiro atoms. The van der Waals surface area contributed by atoms with E-state index < -0.39 is 11.8 Å². The Kier molecular flexibility index (Phi) is 3.43.